The number of aliphatic hydroxyl groups is 1. The van der Waals surface area contributed by atoms with E-state index in [-0.39, 0.29) is 48.8 Å². The van der Waals surface area contributed by atoms with Gasteiger partial charge in [0.05, 0.1) is 42.9 Å². The molecule has 1 aliphatic heterocycles. The summed E-state index contributed by atoms with van der Waals surface area (Å²) in [6, 6.07) is 3.44. The second kappa shape index (κ2) is 8.95. The lowest BCUT2D eigenvalue weighted by molar-refractivity contribution is -0.384. The van der Waals surface area contributed by atoms with E-state index in [0.717, 1.165) is 19.2 Å². The lowest BCUT2D eigenvalue weighted by Crippen LogP contribution is -2.31. The highest BCUT2D eigenvalue weighted by molar-refractivity contribution is 6.08. The molecular formula is C17H19N3O8. The molecule has 0 aliphatic carbocycles. The summed E-state index contributed by atoms with van der Waals surface area (Å²) in [7, 11) is 1.15. The molecule has 1 aromatic rings. The van der Waals surface area contributed by atoms with E-state index in [0.29, 0.717) is 0 Å². The first-order valence-electron chi connectivity index (χ1n) is 8.27. The molecule has 0 unspecified atom stereocenters. The fourth-order valence-corrected chi connectivity index (χ4v) is 2.61. The number of methoxy groups -OCH3 is 1. The van der Waals surface area contributed by atoms with Crippen LogP contribution in [0.1, 0.15) is 17.3 Å². The number of hydrogen-bond donors (Lipinski definition) is 2. The molecule has 28 heavy (non-hydrogen) atoms. The van der Waals surface area contributed by atoms with Crippen molar-refractivity contribution in [1.82, 2.24) is 4.90 Å². The van der Waals surface area contributed by atoms with E-state index in [1.54, 1.807) is 6.92 Å². The predicted molar refractivity (Wildman–Crippen MR) is 95.4 cm³/mol. The summed E-state index contributed by atoms with van der Waals surface area (Å²) in [6.07, 6.45) is 0. The average Bonchev–Trinajstić information content (AvgIpc) is 2.97. The zero-order valence-electron chi connectivity index (χ0n) is 15.3. The zero-order chi connectivity index (χ0) is 20.8. The number of nitrogens with one attached hydrogen (secondary N) is 1. The normalized spacial score (nSPS) is 13.5. The highest BCUT2D eigenvalue weighted by atomic mass is 16.6. The van der Waals surface area contributed by atoms with Crippen molar-refractivity contribution in [2.24, 2.45) is 0 Å². The molecule has 0 bridgehead atoms. The Bertz CT molecular complexity index is 849. The molecule has 0 atom stereocenters. The number of aliphatic hydroxyl groups excluding tert-OH is 1. The Labute approximate surface area is 159 Å². The second-order valence-corrected chi connectivity index (χ2v) is 5.67. The van der Waals surface area contributed by atoms with Crippen LogP contribution in [0.4, 0.5) is 11.4 Å². The third kappa shape index (κ3) is 4.43. The third-order valence-electron chi connectivity index (χ3n) is 3.86. The number of anilines is 1. The maximum Gasteiger partial charge on any atom is 0.338 e. The van der Waals surface area contributed by atoms with Gasteiger partial charge in [-0.15, -0.1) is 0 Å². The molecule has 2 rings (SSSR count). The van der Waals surface area contributed by atoms with Gasteiger partial charge < -0.3 is 24.8 Å². The van der Waals surface area contributed by atoms with Crippen LogP contribution in [0, 0.1) is 10.1 Å². The summed E-state index contributed by atoms with van der Waals surface area (Å²) in [5.74, 6) is -2.11. The van der Waals surface area contributed by atoms with Gasteiger partial charge in [0.2, 0.25) is 0 Å². The predicted octanol–water partition coefficient (Wildman–Crippen LogP) is 0.445. The van der Waals surface area contributed by atoms with E-state index in [2.05, 4.69) is 10.1 Å². The van der Waals surface area contributed by atoms with Crippen LogP contribution >= 0.6 is 0 Å². The van der Waals surface area contributed by atoms with Crippen LogP contribution in [-0.4, -0.2) is 66.2 Å². The van der Waals surface area contributed by atoms with Gasteiger partial charge in [-0.3, -0.25) is 14.9 Å². The molecule has 150 valence electrons. The van der Waals surface area contributed by atoms with E-state index in [4.69, 9.17) is 9.84 Å². The Morgan fingerprint density at radius 2 is 2.04 bits per heavy atom. The molecule has 11 heteroatoms. The minimum atomic E-state index is -0.768. The Hall–Kier alpha value is -3.47. The molecule has 0 spiro atoms. The molecule has 1 heterocycles. The maximum absolute atomic E-state index is 12.5. The largest absolute Gasteiger partial charge is 0.466 e. The number of esters is 2. The number of non-ortho nitro benzene ring substituents is 1. The summed E-state index contributed by atoms with van der Waals surface area (Å²) in [4.78, 5) is 48.2. The van der Waals surface area contributed by atoms with Crippen LogP contribution < -0.4 is 5.32 Å². The number of benzene rings is 1. The highest BCUT2D eigenvalue weighted by Gasteiger charge is 2.34. The molecule has 0 saturated heterocycles. The quantitative estimate of drug-likeness (QED) is 0.364. The van der Waals surface area contributed by atoms with E-state index < -0.39 is 28.5 Å². The molecule has 0 radical (unpaired) electrons. The van der Waals surface area contributed by atoms with Gasteiger partial charge in [-0.1, -0.05) is 0 Å². The fraction of sp³-hybridized carbons (Fsp3) is 0.353. The molecule has 1 aliphatic rings. The number of carbonyl (C=O) groups excluding carboxylic acids is 3. The minimum absolute atomic E-state index is 0.00476. The van der Waals surface area contributed by atoms with Crippen LogP contribution in [0.3, 0.4) is 0 Å². The number of β-amino-alcohol motifs (C(OH)–C–C–N with tert-alkyl or cyclic N) is 1. The SMILES string of the molecule is CCOC(=O)c1cc(NC2=C(C(=O)OC)CN(CCO)C2=O)cc([N+](=O)[O-])c1. The van der Waals surface area contributed by atoms with Crippen molar-refractivity contribution in [1.29, 1.82) is 0 Å². The number of hydrogen-bond acceptors (Lipinski definition) is 9. The van der Waals surface area contributed by atoms with Gasteiger partial charge in [-0.25, -0.2) is 9.59 Å². The Morgan fingerprint density at radius 3 is 2.61 bits per heavy atom. The average molecular weight is 393 g/mol. The van der Waals surface area contributed by atoms with E-state index in [1.807, 2.05) is 0 Å². The first kappa shape index (κ1) is 20.8. The molecule has 1 amide bonds. The second-order valence-electron chi connectivity index (χ2n) is 5.67. The van der Waals surface area contributed by atoms with Gasteiger partial charge in [0.15, 0.2) is 0 Å². The number of nitro benzene ring substituents is 1. The van der Waals surface area contributed by atoms with E-state index >= 15 is 0 Å². The van der Waals surface area contributed by atoms with Gasteiger partial charge in [0.25, 0.3) is 11.6 Å². The first-order valence-corrected chi connectivity index (χ1v) is 8.27. The van der Waals surface area contributed by atoms with Gasteiger partial charge in [0, 0.05) is 24.4 Å². The van der Waals surface area contributed by atoms with Gasteiger partial charge in [0.1, 0.15) is 5.70 Å². The molecule has 2 N–H and O–H groups in total. The van der Waals surface area contributed by atoms with Crippen LogP contribution in [0.5, 0.6) is 0 Å². The number of rotatable bonds is 8. The molecule has 0 saturated carbocycles. The van der Waals surface area contributed by atoms with E-state index in [1.165, 1.54) is 11.0 Å². The van der Waals surface area contributed by atoms with Crippen LogP contribution in [0.2, 0.25) is 0 Å². The van der Waals surface area contributed by atoms with Crippen LogP contribution in [0.15, 0.2) is 29.5 Å². The van der Waals surface area contributed by atoms with Crippen LogP contribution in [0.25, 0.3) is 0 Å². The number of ether oxygens (including phenoxy) is 2. The summed E-state index contributed by atoms with van der Waals surface area (Å²) in [5.41, 5.74) is -0.573. The molecule has 0 fully saturated rings. The maximum atomic E-state index is 12.5. The topological polar surface area (TPSA) is 148 Å². The Balaban J connectivity index is 2.45. The van der Waals surface area contributed by atoms with Crippen molar-refractivity contribution in [3.63, 3.8) is 0 Å². The first-order chi connectivity index (χ1) is 13.3. The van der Waals surface area contributed by atoms with Gasteiger partial charge >= 0.3 is 11.9 Å². The lowest BCUT2D eigenvalue weighted by atomic mass is 10.1. The van der Waals surface area contributed by atoms with Crippen molar-refractivity contribution < 1.29 is 33.9 Å². The number of nitrogens with zero attached hydrogens (tertiary/aromatic N) is 2. The van der Waals surface area contributed by atoms with E-state index in [9.17, 15) is 24.5 Å². The van der Waals surface area contributed by atoms with Crippen molar-refractivity contribution in [2.45, 2.75) is 6.92 Å². The van der Waals surface area contributed by atoms with Crippen molar-refractivity contribution >= 4 is 29.2 Å². The summed E-state index contributed by atoms with van der Waals surface area (Å²) < 4.78 is 9.53. The number of amides is 1. The van der Waals surface area contributed by atoms with Crippen molar-refractivity contribution in [2.75, 3.05) is 38.7 Å². The standard InChI is InChI=1S/C17H19N3O8/c1-3-28-16(23)10-6-11(8-12(7-10)20(25)26)18-14-13(17(24)27-2)9-19(4-5-21)15(14)22/h6-8,18,21H,3-5,9H2,1-2H3. The molecule has 1 aromatic carbocycles. The fourth-order valence-electron chi connectivity index (χ4n) is 2.61. The van der Waals surface area contributed by atoms with Gasteiger partial charge in [-0.2, -0.15) is 0 Å². The molecule has 11 nitrogen and oxygen atoms in total. The van der Waals surface area contributed by atoms with Crippen molar-refractivity contribution in [3.05, 3.63) is 45.1 Å². The lowest BCUT2D eigenvalue weighted by Gasteiger charge is -2.15. The molecule has 0 aromatic heterocycles. The van der Waals surface area contributed by atoms with Gasteiger partial charge in [-0.05, 0) is 13.0 Å². The smallest absolute Gasteiger partial charge is 0.338 e. The Kier molecular flexibility index (Phi) is 6.66. The number of carbonyl (C=O) groups is 3. The monoisotopic (exact) mass is 393 g/mol. The number of nitro groups is 1. The summed E-state index contributed by atoms with van der Waals surface area (Å²) in [6.45, 7) is 1.27. The summed E-state index contributed by atoms with van der Waals surface area (Å²) >= 11 is 0. The third-order valence-corrected chi connectivity index (χ3v) is 3.86. The minimum Gasteiger partial charge on any atom is -0.466 e. The van der Waals surface area contributed by atoms with Crippen LogP contribution in [-0.2, 0) is 19.1 Å². The zero-order valence-corrected chi connectivity index (χ0v) is 15.3. The molecular weight excluding hydrogens is 374 g/mol. The van der Waals surface area contributed by atoms with Crippen molar-refractivity contribution in [3.8, 4) is 0 Å². The highest BCUT2D eigenvalue weighted by Crippen LogP contribution is 2.26. The summed E-state index contributed by atoms with van der Waals surface area (Å²) in [5, 5.41) is 22.9. The Morgan fingerprint density at radius 1 is 1.32 bits per heavy atom.